The summed E-state index contributed by atoms with van der Waals surface area (Å²) in [5, 5.41) is 0. The lowest BCUT2D eigenvalue weighted by Gasteiger charge is -2.11. The standard InChI is InChI=1S/C7H15N.ClH/c1-2-5-8-6-3-4-7-8;/h2-7H2,1H3;1H. The van der Waals surface area contributed by atoms with Crippen molar-refractivity contribution >= 4 is 12.4 Å². The van der Waals surface area contributed by atoms with Crippen LogP contribution >= 0.6 is 12.4 Å². The molecule has 1 aliphatic heterocycles. The fourth-order valence-corrected chi connectivity index (χ4v) is 1.32. The van der Waals surface area contributed by atoms with Gasteiger partial charge in [-0.2, -0.15) is 0 Å². The summed E-state index contributed by atoms with van der Waals surface area (Å²) in [7, 11) is 0. The third kappa shape index (κ3) is 3.07. The second-order valence-electron chi connectivity index (χ2n) is 2.55. The largest absolute Gasteiger partial charge is 0.303 e. The summed E-state index contributed by atoms with van der Waals surface area (Å²) >= 11 is 0. The number of halogens is 1. The van der Waals surface area contributed by atoms with Crippen molar-refractivity contribution in [1.82, 2.24) is 4.90 Å². The molecule has 0 spiro atoms. The first kappa shape index (κ1) is 9.25. The van der Waals surface area contributed by atoms with E-state index in [-0.39, 0.29) is 12.4 Å². The zero-order valence-corrected chi connectivity index (χ0v) is 6.91. The van der Waals surface area contributed by atoms with Gasteiger partial charge in [0.1, 0.15) is 0 Å². The molecular weight excluding hydrogens is 134 g/mol. The molecule has 1 fully saturated rings. The van der Waals surface area contributed by atoms with Crippen LogP contribution in [-0.4, -0.2) is 24.5 Å². The van der Waals surface area contributed by atoms with Gasteiger partial charge in [-0.25, -0.2) is 0 Å². The van der Waals surface area contributed by atoms with Crippen LogP contribution in [0.3, 0.4) is 0 Å². The maximum Gasteiger partial charge on any atom is -0.00183 e. The second kappa shape index (κ2) is 5.07. The molecule has 0 aromatic rings. The van der Waals surface area contributed by atoms with Gasteiger partial charge in [0.05, 0.1) is 0 Å². The molecule has 0 radical (unpaired) electrons. The van der Waals surface area contributed by atoms with E-state index in [1.807, 2.05) is 0 Å². The minimum Gasteiger partial charge on any atom is -0.303 e. The molecule has 2 heteroatoms. The van der Waals surface area contributed by atoms with Gasteiger partial charge in [-0.15, -0.1) is 12.4 Å². The van der Waals surface area contributed by atoms with Gasteiger partial charge < -0.3 is 4.90 Å². The Morgan fingerprint density at radius 1 is 1.22 bits per heavy atom. The number of rotatable bonds is 2. The normalized spacial score (nSPS) is 19.7. The van der Waals surface area contributed by atoms with Gasteiger partial charge in [-0.1, -0.05) is 6.92 Å². The first-order valence-corrected chi connectivity index (χ1v) is 3.66. The molecular formula is C7H16ClN. The number of nitrogens with zero attached hydrogens (tertiary/aromatic N) is 1. The maximum atomic E-state index is 2.54. The van der Waals surface area contributed by atoms with Crippen LogP contribution in [0.4, 0.5) is 0 Å². The van der Waals surface area contributed by atoms with E-state index in [1.54, 1.807) is 0 Å². The van der Waals surface area contributed by atoms with Gasteiger partial charge in [0, 0.05) is 0 Å². The average molecular weight is 150 g/mol. The molecule has 0 aliphatic carbocycles. The summed E-state index contributed by atoms with van der Waals surface area (Å²) in [4.78, 5) is 2.54. The average Bonchev–Trinajstić information content (AvgIpc) is 2.19. The Bertz CT molecular complexity index is 59.9. The van der Waals surface area contributed by atoms with Crippen molar-refractivity contribution in [3.05, 3.63) is 0 Å². The molecule has 0 saturated carbocycles. The minimum atomic E-state index is 0. The zero-order valence-electron chi connectivity index (χ0n) is 6.10. The molecule has 9 heavy (non-hydrogen) atoms. The third-order valence-corrected chi connectivity index (χ3v) is 1.74. The first-order chi connectivity index (χ1) is 3.93. The Hall–Kier alpha value is 0.250. The minimum absolute atomic E-state index is 0. The molecule has 0 amide bonds. The summed E-state index contributed by atoms with van der Waals surface area (Å²) in [6.07, 6.45) is 4.18. The molecule has 1 rings (SSSR count). The fraction of sp³-hybridized carbons (Fsp3) is 1.00. The molecule has 1 nitrogen and oxygen atoms in total. The highest BCUT2D eigenvalue weighted by Gasteiger charge is 2.08. The molecule has 0 aromatic carbocycles. The summed E-state index contributed by atoms with van der Waals surface area (Å²) in [5.41, 5.74) is 0. The highest BCUT2D eigenvalue weighted by atomic mass is 35.5. The topological polar surface area (TPSA) is 3.24 Å². The SMILES string of the molecule is CCCN1CCCC1.Cl. The van der Waals surface area contributed by atoms with Crippen molar-refractivity contribution in [1.29, 1.82) is 0 Å². The van der Waals surface area contributed by atoms with Crippen molar-refractivity contribution < 1.29 is 0 Å². The van der Waals surface area contributed by atoms with E-state index >= 15 is 0 Å². The summed E-state index contributed by atoms with van der Waals surface area (Å²) in [6.45, 7) is 6.28. The third-order valence-electron chi connectivity index (χ3n) is 1.74. The highest BCUT2D eigenvalue weighted by Crippen LogP contribution is 2.06. The van der Waals surface area contributed by atoms with E-state index in [4.69, 9.17) is 0 Å². The maximum absolute atomic E-state index is 2.54. The van der Waals surface area contributed by atoms with E-state index in [0.717, 1.165) is 0 Å². The number of hydrogen-bond donors (Lipinski definition) is 0. The van der Waals surface area contributed by atoms with Gasteiger partial charge >= 0.3 is 0 Å². The van der Waals surface area contributed by atoms with Crippen molar-refractivity contribution in [2.24, 2.45) is 0 Å². The van der Waals surface area contributed by atoms with E-state index in [2.05, 4.69) is 11.8 Å². The Kier molecular flexibility index (Phi) is 5.21. The zero-order chi connectivity index (χ0) is 5.82. The fourth-order valence-electron chi connectivity index (χ4n) is 1.32. The lowest BCUT2D eigenvalue weighted by Crippen LogP contribution is -2.19. The molecule has 0 aromatic heterocycles. The van der Waals surface area contributed by atoms with Crippen LogP contribution in [0.5, 0.6) is 0 Å². The van der Waals surface area contributed by atoms with Gasteiger partial charge in [-0.3, -0.25) is 0 Å². The predicted molar refractivity (Wildman–Crippen MR) is 43.2 cm³/mol. The van der Waals surface area contributed by atoms with Crippen molar-refractivity contribution in [2.75, 3.05) is 19.6 Å². The summed E-state index contributed by atoms with van der Waals surface area (Å²) in [6, 6.07) is 0. The van der Waals surface area contributed by atoms with Crippen LogP contribution in [0.2, 0.25) is 0 Å². The highest BCUT2D eigenvalue weighted by molar-refractivity contribution is 5.85. The smallest absolute Gasteiger partial charge is 0.00183 e. The second-order valence-corrected chi connectivity index (χ2v) is 2.55. The quantitative estimate of drug-likeness (QED) is 0.580. The first-order valence-electron chi connectivity index (χ1n) is 3.66. The molecule has 56 valence electrons. The van der Waals surface area contributed by atoms with Crippen molar-refractivity contribution in [3.63, 3.8) is 0 Å². The Labute approximate surface area is 63.8 Å². The van der Waals surface area contributed by atoms with Gasteiger partial charge in [0.15, 0.2) is 0 Å². The summed E-state index contributed by atoms with van der Waals surface area (Å²) < 4.78 is 0. The van der Waals surface area contributed by atoms with Crippen LogP contribution in [0.25, 0.3) is 0 Å². The Morgan fingerprint density at radius 2 is 1.78 bits per heavy atom. The van der Waals surface area contributed by atoms with Crippen molar-refractivity contribution in [3.8, 4) is 0 Å². The van der Waals surface area contributed by atoms with Crippen molar-refractivity contribution in [2.45, 2.75) is 26.2 Å². The molecule has 1 saturated heterocycles. The van der Waals surface area contributed by atoms with Crippen LogP contribution in [0.15, 0.2) is 0 Å². The van der Waals surface area contributed by atoms with Crippen LogP contribution in [0.1, 0.15) is 26.2 Å². The summed E-state index contributed by atoms with van der Waals surface area (Å²) in [5.74, 6) is 0. The lowest BCUT2D eigenvalue weighted by molar-refractivity contribution is 0.339. The molecule has 1 heterocycles. The lowest BCUT2D eigenvalue weighted by atomic mass is 10.4. The molecule has 0 N–H and O–H groups in total. The molecule has 1 aliphatic rings. The van der Waals surface area contributed by atoms with Crippen LogP contribution in [-0.2, 0) is 0 Å². The predicted octanol–water partition coefficient (Wildman–Crippen LogP) is 1.91. The van der Waals surface area contributed by atoms with Crippen LogP contribution in [0, 0.1) is 0 Å². The molecule has 0 unspecified atom stereocenters. The monoisotopic (exact) mass is 149 g/mol. The Morgan fingerprint density at radius 3 is 2.22 bits per heavy atom. The van der Waals surface area contributed by atoms with Crippen LogP contribution < -0.4 is 0 Å². The Balaban J connectivity index is 0.000000640. The van der Waals surface area contributed by atoms with Gasteiger partial charge in [0.2, 0.25) is 0 Å². The number of hydrogen-bond acceptors (Lipinski definition) is 1. The van der Waals surface area contributed by atoms with E-state index in [1.165, 1.54) is 38.9 Å². The van der Waals surface area contributed by atoms with E-state index < -0.39 is 0 Å². The van der Waals surface area contributed by atoms with Gasteiger partial charge in [0.25, 0.3) is 0 Å². The van der Waals surface area contributed by atoms with E-state index in [9.17, 15) is 0 Å². The molecule has 0 bridgehead atoms. The molecule has 0 atom stereocenters. The van der Waals surface area contributed by atoms with Gasteiger partial charge in [-0.05, 0) is 38.9 Å². The van der Waals surface area contributed by atoms with E-state index in [0.29, 0.717) is 0 Å². The number of likely N-dealkylation sites (tertiary alicyclic amines) is 1.